The first-order valence-corrected chi connectivity index (χ1v) is 6.83. The molecule has 1 fully saturated rings. The number of hydrogen-bond acceptors (Lipinski definition) is 3. The summed E-state index contributed by atoms with van der Waals surface area (Å²) in [7, 11) is 0. The summed E-state index contributed by atoms with van der Waals surface area (Å²) in [5.74, 6) is -0.174. The van der Waals surface area contributed by atoms with Crippen LogP contribution in [0.15, 0.2) is 36.5 Å². The molecule has 20 heavy (non-hydrogen) atoms. The third-order valence-corrected chi connectivity index (χ3v) is 4.41. The molecule has 2 unspecified atom stereocenters. The van der Waals surface area contributed by atoms with E-state index in [1.54, 1.807) is 6.20 Å². The van der Waals surface area contributed by atoms with Crippen LogP contribution in [0.25, 0.3) is 10.8 Å². The molecule has 1 heterocycles. The molecular formula is C16H18N2O2. The highest BCUT2D eigenvalue weighted by molar-refractivity contribution is 6.05. The number of carbonyl (C=O) groups is 1. The molecule has 4 nitrogen and oxygen atoms in total. The number of hydrogen-bond donors (Lipinski definition) is 2. The predicted octanol–water partition coefficient (Wildman–Crippen LogP) is 2.12. The summed E-state index contributed by atoms with van der Waals surface area (Å²) >= 11 is 0. The van der Waals surface area contributed by atoms with Gasteiger partial charge < -0.3 is 10.4 Å². The third kappa shape index (κ3) is 1.96. The number of fused-ring (bicyclic) bond motifs is 1. The maximum Gasteiger partial charge on any atom is 0.270 e. The van der Waals surface area contributed by atoms with E-state index in [2.05, 4.69) is 10.3 Å². The first-order chi connectivity index (χ1) is 9.50. The number of pyridine rings is 1. The summed E-state index contributed by atoms with van der Waals surface area (Å²) < 4.78 is 0. The minimum atomic E-state index is -0.353. The molecule has 3 rings (SSSR count). The number of aliphatic hydroxyl groups is 1. The second kappa shape index (κ2) is 4.56. The Balaban J connectivity index is 1.87. The minimum absolute atomic E-state index is 0.00855. The molecular weight excluding hydrogens is 252 g/mol. The van der Waals surface area contributed by atoms with Gasteiger partial charge in [0, 0.05) is 23.0 Å². The van der Waals surface area contributed by atoms with Crippen molar-refractivity contribution in [1.82, 2.24) is 10.3 Å². The number of rotatable bonds is 2. The molecule has 1 aromatic heterocycles. The maximum atomic E-state index is 12.4. The highest BCUT2D eigenvalue weighted by Gasteiger charge is 2.48. The second-order valence-corrected chi connectivity index (χ2v) is 5.98. The summed E-state index contributed by atoms with van der Waals surface area (Å²) in [6.07, 6.45) is 1.90. The van der Waals surface area contributed by atoms with Gasteiger partial charge in [-0.1, -0.05) is 38.1 Å². The fraction of sp³-hybridized carbons (Fsp3) is 0.375. The summed E-state index contributed by atoms with van der Waals surface area (Å²) in [4.78, 5) is 16.6. The van der Waals surface area contributed by atoms with E-state index in [0.29, 0.717) is 12.1 Å². The molecule has 2 N–H and O–H groups in total. The number of nitrogens with zero attached hydrogens (tertiary/aromatic N) is 1. The van der Waals surface area contributed by atoms with Gasteiger partial charge in [-0.15, -0.1) is 0 Å². The molecule has 1 saturated carbocycles. The third-order valence-electron chi connectivity index (χ3n) is 4.41. The maximum absolute atomic E-state index is 12.4. The van der Waals surface area contributed by atoms with Crippen molar-refractivity contribution in [2.75, 3.05) is 0 Å². The molecule has 0 saturated heterocycles. The molecule has 2 aromatic rings. The van der Waals surface area contributed by atoms with E-state index in [0.717, 1.165) is 10.8 Å². The van der Waals surface area contributed by atoms with E-state index in [1.165, 1.54) is 0 Å². The first-order valence-electron chi connectivity index (χ1n) is 6.83. The normalized spacial score (nSPS) is 24.1. The zero-order valence-corrected chi connectivity index (χ0v) is 11.6. The Morgan fingerprint density at radius 1 is 1.35 bits per heavy atom. The van der Waals surface area contributed by atoms with Gasteiger partial charge in [0.25, 0.3) is 5.91 Å². The van der Waals surface area contributed by atoms with Crippen molar-refractivity contribution >= 4 is 16.7 Å². The van der Waals surface area contributed by atoms with Crippen molar-refractivity contribution in [3.05, 3.63) is 42.2 Å². The van der Waals surface area contributed by atoms with Crippen molar-refractivity contribution in [3.63, 3.8) is 0 Å². The summed E-state index contributed by atoms with van der Waals surface area (Å²) in [5.41, 5.74) is 0.167. The zero-order chi connectivity index (χ0) is 14.3. The van der Waals surface area contributed by atoms with Crippen LogP contribution in [0.2, 0.25) is 0 Å². The number of amides is 1. The second-order valence-electron chi connectivity index (χ2n) is 5.98. The van der Waals surface area contributed by atoms with Gasteiger partial charge in [-0.05, 0) is 17.9 Å². The lowest BCUT2D eigenvalue weighted by Crippen LogP contribution is -2.61. The summed E-state index contributed by atoms with van der Waals surface area (Å²) in [6.45, 7) is 3.92. The Kier molecular flexibility index (Phi) is 2.98. The fourth-order valence-electron chi connectivity index (χ4n) is 2.67. The average molecular weight is 270 g/mol. The Hall–Kier alpha value is -1.94. The number of carbonyl (C=O) groups excluding carboxylic acids is 1. The molecule has 2 atom stereocenters. The lowest BCUT2D eigenvalue weighted by molar-refractivity contribution is -0.0689. The van der Waals surface area contributed by atoms with Gasteiger partial charge in [0.15, 0.2) is 0 Å². The number of aliphatic hydroxyl groups excluding tert-OH is 1. The van der Waals surface area contributed by atoms with Crippen LogP contribution in [0.1, 0.15) is 30.8 Å². The van der Waals surface area contributed by atoms with Crippen LogP contribution in [-0.4, -0.2) is 28.1 Å². The van der Waals surface area contributed by atoms with Gasteiger partial charge in [0.2, 0.25) is 0 Å². The first kappa shape index (κ1) is 13.1. The zero-order valence-electron chi connectivity index (χ0n) is 11.6. The van der Waals surface area contributed by atoms with Crippen molar-refractivity contribution < 1.29 is 9.90 Å². The molecule has 1 aromatic carbocycles. The Labute approximate surface area is 117 Å². The van der Waals surface area contributed by atoms with Crippen molar-refractivity contribution in [2.24, 2.45) is 5.41 Å². The van der Waals surface area contributed by atoms with E-state index < -0.39 is 0 Å². The Morgan fingerprint density at radius 3 is 2.80 bits per heavy atom. The lowest BCUT2D eigenvalue weighted by Gasteiger charge is -2.49. The van der Waals surface area contributed by atoms with Crippen LogP contribution in [0.5, 0.6) is 0 Å². The molecule has 0 bridgehead atoms. The highest BCUT2D eigenvalue weighted by atomic mass is 16.3. The Morgan fingerprint density at radius 2 is 2.10 bits per heavy atom. The van der Waals surface area contributed by atoms with Crippen LogP contribution < -0.4 is 5.32 Å². The smallest absolute Gasteiger partial charge is 0.270 e. The molecule has 0 radical (unpaired) electrons. The number of benzene rings is 1. The van der Waals surface area contributed by atoms with Crippen LogP contribution in [0.3, 0.4) is 0 Å². The van der Waals surface area contributed by atoms with Gasteiger partial charge in [-0.2, -0.15) is 0 Å². The fourth-order valence-corrected chi connectivity index (χ4v) is 2.67. The minimum Gasteiger partial charge on any atom is -0.392 e. The molecule has 1 aliphatic carbocycles. The summed E-state index contributed by atoms with van der Waals surface area (Å²) in [6, 6.07) is 9.59. The van der Waals surface area contributed by atoms with Gasteiger partial charge in [0.05, 0.1) is 6.10 Å². The topological polar surface area (TPSA) is 62.2 Å². The van der Waals surface area contributed by atoms with E-state index >= 15 is 0 Å². The number of aromatic nitrogens is 1. The predicted molar refractivity (Wildman–Crippen MR) is 77.4 cm³/mol. The number of nitrogens with one attached hydrogen (secondary N) is 1. The standard InChI is InChI=1S/C16H18N2O2/c1-16(2)12(9-13(16)19)18-15(20)14-11-6-4-3-5-10(11)7-8-17-14/h3-8,12-13,19H,9H2,1-2H3,(H,18,20). The molecule has 4 heteroatoms. The Bertz CT molecular complexity index is 661. The molecule has 0 aliphatic heterocycles. The SMILES string of the molecule is CC1(C)C(O)CC1NC(=O)c1nccc2ccccc12. The van der Waals surface area contributed by atoms with E-state index in [1.807, 2.05) is 44.2 Å². The van der Waals surface area contributed by atoms with Crippen LogP contribution in [0.4, 0.5) is 0 Å². The highest BCUT2D eigenvalue weighted by Crippen LogP contribution is 2.40. The monoisotopic (exact) mass is 270 g/mol. The van der Waals surface area contributed by atoms with Gasteiger partial charge >= 0.3 is 0 Å². The average Bonchev–Trinajstić information content (AvgIpc) is 2.46. The van der Waals surface area contributed by atoms with Gasteiger partial charge in [-0.3, -0.25) is 9.78 Å². The summed E-state index contributed by atoms with van der Waals surface area (Å²) in [5, 5.41) is 14.6. The van der Waals surface area contributed by atoms with E-state index in [9.17, 15) is 9.90 Å². The largest absolute Gasteiger partial charge is 0.392 e. The molecule has 0 spiro atoms. The molecule has 1 aliphatic rings. The van der Waals surface area contributed by atoms with Crippen LogP contribution >= 0.6 is 0 Å². The van der Waals surface area contributed by atoms with Gasteiger partial charge in [0.1, 0.15) is 5.69 Å². The lowest BCUT2D eigenvalue weighted by atomic mass is 9.64. The quantitative estimate of drug-likeness (QED) is 0.878. The van der Waals surface area contributed by atoms with E-state index in [-0.39, 0.29) is 23.5 Å². The van der Waals surface area contributed by atoms with Crippen molar-refractivity contribution in [3.8, 4) is 0 Å². The van der Waals surface area contributed by atoms with Crippen molar-refractivity contribution in [1.29, 1.82) is 0 Å². The molecule has 1 amide bonds. The van der Waals surface area contributed by atoms with Crippen LogP contribution in [-0.2, 0) is 0 Å². The van der Waals surface area contributed by atoms with E-state index in [4.69, 9.17) is 0 Å². The van der Waals surface area contributed by atoms with Gasteiger partial charge in [-0.25, -0.2) is 0 Å². The van der Waals surface area contributed by atoms with Crippen molar-refractivity contribution in [2.45, 2.75) is 32.4 Å². The van der Waals surface area contributed by atoms with Crippen LogP contribution in [0, 0.1) is 5.41 Å². The molecule has 104 valence electrons.